The van der Waals surface area contributed by atoms with Gasteiger partial charge in [-0.15, -0.1) is 0 Å². The minimum atomic E-state index is 0.616. The normalized spacial score (nSPS) is 23.0. The molecule has 0 aliphatic carbocycles. The second-order valence-electron chi connectivity index (χ2n) is 5.40. The largest absolute Gasteiger partial charge is 0.496 e. The zero-order chi connectivity index (χ0) is 12.5. The number of rotatable bonds is 2. The summed E-state index contributed by atoms with van der Waals surface area (Å²) in [6.07, 6.45) is 3.66. The molecule has 3 rings (SSSR count). The van der Waals surface area contributed by atoms with Gasteiger partial charge in [0.25, 0.3) is 0 Å². The number of methoxy groups -OCH3 is 1. The second-order valence-corrected chi connectivity index (χ2v) is 5.40. The van der Waals surface area contributed by atoms with Gasteiger partial charge in [0.05, 0.1) is 7.11 Å². The third-order valence-electron chi connectivity index (χ3n) is 4.32. The maximum absolute atomic E-state index is 5.74. The van der Waals surface area contributed by atoms with Crippen LogP contribution in [0.3, 0.4) is 0 Å². The Morgan fingerprint density at radius 1 is 1.39 bits per heavy atom. The summed E-state index contributed by atoms with van der Waals surface area (Å²) in [4.78, 5) is 2.32. The van der Waals surface area contributed by atoms with Crippen LogP contribution in [-0.4, -0.2) is 33.8 Å². The number of piperidine rings is 1. The van der Waals surface area contributed by atoms with E-state index >= 15 is 0 Å². The smallest absolute Gasteiger partial charge is 0.127 e. The molecule has 18 heavy (non-hydrogen) atoms. The minimum absolute atomic E-state index is 0.616. The van der Waals surface area contributed by atoms with Gasteiger partial charge in [0.1, 0.15) is 5.75 Å². The van der Waals surface area contributed by atoms with Crippen molar-refractivity contribution in [1.82, 2.24) is 5.32 Å². The van der Waals surface area contributed by atoms with E-state index in [-0.39, 0.29) is 0 Å². The molecule has 1 fully saturated rings. The number of hydrogen-bond donors (Lipinski definition) is 1. The van der Waals surface area contributed by atoms with Gasteiger partial charge < -0.3 is 15.0 Å². The lowest BCUT2D eigenvalue weighted by atomic mass is 9.89. The zero-order valence-corrected chi connectivity index (χ0v) is 11.3. The van der Waals surface area contributed by atoms with E-state index in [1.165, 1.54) is 29.7 Å². The fraction of sp³-hybridized carbons (Fsp3) is 0.600. The molecule has 3 nitrogen and oxygen atoms in total. The van der Waals surface area contributed by atoms with Gasteiger partial charge in [0, 0.05) is 37.3 Å². The highest BCUT2D eigenvalue weighted by Gasteiger charge is 2.26. The molecule has 98 valence electrons. The Balaban J connectivity index is 1.99. The molecule has 1 unspecified atom stereocenters. The summed E-state index contributed by atoms with van der Waals surface area (Å²) < 4.78 is 5.74. The number of ether oxygens (including phenoxy) is 1. The molecule has 0 saturated carbocycles. The van der Waals surface area contributed by atoms with Gasteiger partial charge in [0.15, 0.2) is 0 Å². The maximum atomic E-state index is 5.74. The summed E-state index contributed by atoms with van der Waals surface area (Å²) in [6, 6.07) is 4.55. The van der Waals surface area contributed by atoms with E-state index in [4.69, 9.17) is 4.74 Å². The maximum Gasteiger partial charge on any atom is 0.127 e. The van der Waals surface area contributed by atoms with Crippen LogP contribution in [0.4, 0.5) is 5.69 Å². The van der Waals surface area contributed by atoms with Crippen LogP contribution in [-0.2, 0) is 6.42 Å². The van der Waals surface area contributed by atoms with E-state index in [0.29, 0.717) is 5.92 Å². The number of hydrogen-bond acceptors (Lipinski definition) is 3. The minimum Gasteiger partial charge on any atom is -0.496 e. The molecule has 2 heterocycles. The number of benzene rings is 1. The molecular formula is C15H22N2O. The van der Waals surface area contributed by atoms with E-state index in [1.54, 1.807) is 0 Å². The van der Waals surface area contributed by atoms with Gasteiger partial charge in [-0.1, -0.05) is 6.07 Å². The highest BCUT2D eigenvalue weighted by molar-refractivity contribution is 5.65. The summed E-state index contributed by atoms with van der Waals surface area (Å²) in [5.74, 6) is 1.76. The number of nitrogens with zero attached hydrogens (tertiary/aromatic N) is 1. The summed E-state index contributed by atoms with van der Waals surface area (Å²) in [5, 5.41) is 3.50. The topological polar surface area (TPSA) is 24.5 Å². The van der Waals surface area contributed by atoms with Crippen LogP contribution >= 0.6 is 0 Å². The lowest BCUT2D eigenvalue weighted by Gasteiger charge is -2.26. The number of nitrogens with one attached hydrogen (secondary N) is 1. The number of anilines is 1. The SMILES string of the molecule is COc1c(C2CCCNC2)ccc2c1CCN2C. The Bertz CT molecular complexity index is 438. The van der Waals surface area contributed by atoms with Crippen LogP contribution in [0.1, 0.15) is 29.9 Å². The van der Waals surface area contributed by atoms with Crippen molar-refractivity contribution in [2.24, 2.45) is 0 Å². The first-order chi connectivity index (χ1) is 8.81. The van der Waals surface area contributed by atoms with Gasteiger partial charge in [-0.05, 0) is 37.4 Å². The van der Waals surface area contributed by atoms with E-state index in [2.05, 4.69) is 29.4 Å². The lowest BCUT2D eigenvalue weighted by Crippen LogP contribution is -2.28. The Hall–Kier alpha value is -1.22. The second kappa shape index (κ2) is 4.81. The number of likely N-dealkylation sites (N-methyl/N-ethyl adjacent to an activating group) is 1. The summed E-state index contributed by atoms with van der Waals surface area (Å²) in [5.41, 5.74) is 4.15. The van der Waals surface area contributed by atoms with Gasteiger partial charge in [-0.3, -0.25) is 0 Å². The van der Waals surface area contributed by atoms with Crippen molar-refractivity contribution in [3.63, 3.8) is 0 Å². The standard InChI is InChI=1S/C15H22N2O/c1-17-9-7-13-14(17)6-5-12(15(13)18-2)11-4-3-8-16-10-11/h5-6,11,16H,3-4,7-10H2,1-2H3. The van der Waals surface area contributed by atoms with Crippen molar-refractivity contribution in [2.45, 2.75) is 25.2 Å². The van der Waals surface area contributed by atoms with Crippen molar-refractivity contribution in [2.75, 3.05) is 38.7 Å². The Labute approximate surface area is 109 Å². The zero-order valence-electron chi connectivity index (χ0n) is 11.3. The van der Waals surface area contributed by atoms with Crippen molar-refractivity contribution >= 4 is 5.69 Å². The highest BCUT2D eigenvalue weighted by Crippen LogP contribution is 2.41. The molecule has 0 amide bonds. The monoisotopic (exact) mass is 246 g/mol. The van der Waals surface area contributed by atoms with Crippen molar-refractivity contribution < 1.29 is 4.74 Å². The average Bonchev–Trinajstić information content (AvgIpc) is 2.80. The summed E-state index contributed by atoms with van der Waals surface area (Å²) >= 11 is 0. The molecule has 2 aliphatic heterocycles. The first kappa shape index (κ1) is 11.8. The third-order valence-corrected chi connectivity index (χ3v) is 4.32. The lowest BCUT2D eigenvalue weighted by molar-refractivity contribution is 0.389. The van der Waals surface area contributed by atoms with Crippen LogP contribution in [0.15, 0.2) is 12.1 Å². The molecule has 1 aromatic carbocycles. The fourth-order valence-corrected chi connectivity index (χ4v) is 3.31. The van der Waals surface area contributed by atoms with E-state index in [1.807, 2.05) is 7.11 Å². The van der Waals surface area contributed by atoms with Crippen LogP contribution in [0.25, 0.3) is 0 Å². The van der Waals surface area contributed by atoms with E-state index in [0.717, 1.165) is 31.8 Å². The van der Waals surface area contributed by atoms with Crippen molar-refractivity contribution in [3.05, 3.63) is 23.3 Å². The third kappa shape index (κ3) is 1.87. The summed E-state index contributed by atoms with van der Waals surface area (Å²) in [6.45, 7) is 3.36. The molecule has 1 saturated heterocycles. The molecule has 0 radical (unpaired) electrons. The molecular weight excluding hydrogens is 224 g/mol. The predicted molar refractivity (Wildman–Crippen MR) is 74.8 cm³/mol. The highest BCUT2D eigenvalue weighted by atomic mass is 16.5. The molecule has 1 atom stereocenters. The molecule has 0 aromatic heterocycles. The average molecular weight is 246 g/mol. The summed E-state index contributed by atoms with van der Waals surface area (Å²) in [7, 11) is 3.97. The van der Waals surface area contributed by atoms with Gasteiger partial charge >= 0.3 is 0 Å². The predicted octanol–water partition coefficient (Wildman–Crippen LogP) is 2.15. The number of fused-ring (bicyclic) bond motifs is 1. The van der Waals surface area contributed by atoms with Crippen molar-refractivity contribution in [3.8, 4) is 5.75 Å². The Morgan fingerprint density at radius 2 is 2.28 bits per heavy atom. The van der Waals surface area contributed by atoms with E-state index in [9.17, 15) is 0 Å². The first-order valence-corrected chi connectivity index (χ1v) is 6.93. The first-order valence-electron chi connectivity index (χ1n) is 6.93. The molecule has 0 bridgehead atoms. The van der Waals surface area contributed by atoms with Crippen LogP contribution in [0.5, 0.6) is 5.75 Å². The molecule has 1 aromatic rings. The van der Waals surface area contributed by atoms with Gasteiger partial charge in [-0.2, -0.15) is 0 Å². The quantitative estimate of drug-likeness (QED) is 0.865. The van der Waals surface area contributed by atoms with E-state index < -0.39 is 0 Å². The molecule has 1 N–H and O–H groups in total. The van der Waals surface area contributed by atoms with Crippen LogP contribution in [0.2, 0.25) is 0 Å². The van der Waals surface area contributed by atoms with Crippen LogP contribution < -0.4 is 15.0 Å². The fourth-order valence-electron chi connectivity index (χ4n) is 3.31. The van der Waals surface area contributed by atoms with Gasteiger partial charge in [-0.25, -0.2) is 0 Å². The van der Waals surface area contributed by atoms with Crippen molar-refractivity contribution in [1.29, 1.82) is 0 Å². The van der Waals surface area contributed by atoms with Crippen LogP contribution in [0, 0.1) is 0 Å². The van der Waals surface area contributed by atoms with Gasteiger partial charge in [0.2, 0.25) is 0 Å². The molecule has 0 spiro atoms. The molecule has 3 heteroatoms. The Morgan fingerprint density at radius 3 is 3.00 bits per heavy atom. The Kier molecular flexibility index (Phi) is 3.16. The molecule has 2 aliphatic rings.